The summed E-state index contributed by atoms with van der Waals surface area (Å²) < 4.78 is 5.61. The molecule has 0 radical (unpaired) electrons. The first-order valence-corrected chi connectivity index (χ1v) is 7.50. The van der Waals surface area contributed by atoms with Gasteiger partial charge in [-0.25, -0.2) is 4.79 Å². The van der Waals surface area contributed by atoms with E-state index in [0.717, 1.165) is 4.88 Å². The highest BCUT2D eigenvalue weighted by Crippen LogP contribution is 2.16. The number of carbonyl (C=O) groups is 2. The van der Waals surface area contributed by atoms with Crippen LogP contribution in [0.3, 0.4) is 0 Å². The van der Waals surface area contributed by atoms with Crippen molar-refractivity contribution in [1.82, 2.24) is 0 Å². The summed E-state index contributed by atoms with van der Waals surface area (Å²) in [7, 11) is 0. The summed E-state index contributed by atoms with van der Waals surface area (Å²) >= 11 is 4.81. The zero-order chi connectivity index (χ0) is 14.4. The molecule has 0 N–H and O–H groups in total. The maximum Gasteiger partial charge on any atom is 0.331 e. The summed E-state index contributed by atoms with van der Waals surface area (Å²) in [6.07, 6.45) is 2.98. The molecule has 0 saturated heterocycles. The number of ether oxygens (including phenoxy) is 1. The zero-order valence-electron chi connectivity index (χ0n) is 10.4. The van der Waals surface area contributed by atoms with Crippen molar-refractivity contribution in [2.24, 2.45) is 0 Å². The van der Waals surface area contributed by atoms with Gasteiger partial charge < -0.3 is 4.74 Å². The van der Waals surface area contributed by atoms with Crippen molar-refractivity contribution in [2.45, 2.75) is 0 Å². The van der Waals surface area contributed by atoms with Crippen molar-refractivity contribution in [3.05, 3.63) is 62.8 Å². The number of benzene rings is 1. The predicted octanol–water partition coefficient (Wildman–Crippen LogP) is 3.95. The highest BCUT2D eigenvalue weighted by Gasteiger charge is 2.11. The normalized spacial score (nSPS) is 10.7. The maximum absolute atomic E-state index is 11.9. The van der Waals surface area contributed by atoms with Crippen LogP contribution in [-0.2, 0) is 9.53 Å². The van der Waals surface area contributed by atoms with Crippen LogP contribution in [0.5, 0.6) is 0 Å². The summed E-state index contributed by atoms with van der Waals surface area (Å²) in [5.74, 6) is -0.769. The topological polar surface area (TPSA) is 43.4 Å². The van der Waals surface area contributed by atoms with Gasteiger partial charge in [-0.15, -0.1) is 11.3 Å². The van der Waals surface area contributed by atoms with Crippen molar-refractivity contribution in [1.29, 1.82) is 0 Å². The molecule has 0 fully saturated rings. The molecule has 5 heteroatoms. The quantitative estimate of drug-likeness (QED) is 0.465. The second kappa shape index (κ2) is 7.17. The van der Waals surface area contributed by atoms with E-state index in [1.165, 1.54) is 17.4 Å². The van der Waals surface area contributed by atoms with Crippen LogP contribution in [0.2, 0.25) is 0 Å². The Morgan fingerprint density at radius 3 is 2.70 bits per heavy atom. The van der Waals surface area contributed by atoms with Crippen LogP contribution in [0.4, 0.5) is 0 Å². The minimum absolute atomic E-state index is 0.240. The number of hydrogen-bond acceptors (Lipinski definition) is 4. The van der Waals surface area contributed by atoms with E-state index in [0.29, 0.717) is 10.0 Å². The fourth-order valence-electron chi connectivity index (χ4n) is 1.49. The molecule has 1 heterocycles. The Morgan fingerprint density at radius 1 is 1.20 bits per heavy atom. The highest BCUT2D eigenvalue weighted by atomic mass is 79.9. The lowest BCUT2D eigenvalue weighted by molar-refractivity contribution is -0.136. The van der Waals surface area contributed by atoms with E-state index < -0.39 is 5.97 Å². The van der Waals surface area contributed by atoms with Gasteiger partial charge >= 0.3 is 5.97 Å². The maximum atomic E-state index is 11.9. The van der Waals surface area contributed by atoms with Gasteiger partial charge in [-0.2, -0.15) is 0 Å². The van der Waals surface area contributed by atoms with Crippen molar-refractivity contribution in [2.75, 3.05) is 6.61 Å². The van der Waals surface area contributed by atoms with Gasteiger partial charge in [0.1, 0.15) is 0 Å². The van der Waals surface area contributed by atoms with E-state index >= 15 is 0 Å². The van der Waals surface area contributed by atoms with Crippen LogP contribution in [0.1, 0.15) is 15.2 Å². The third kappa shape index (κ3) is 4.15. The molecule has 1 aromatic carbocycles. The lowest BCUT2D eigenvalue weighted by Gasteiger charge is -2.03. The molecule has 0 amide bonds. The average molecular weight is 351 g/mol. The van der Waals surface area contributed by atoms with E-state index in [4.69, 9.17) is 4.74 Å². The Hall–Kier alpha value is -1.72. The summed E-state index contributed by atoms with van der Waals surface area (Å²) in [5, 5.41) is 1.92. The van der Waals surface area contributed by atoms with Crippen molar-refractivity contribution in [3.63, 3.8) is 0 Å². The summed E-state index contributed by atoms with van der Waals surface area (Å²) in [6.45, 7) is -0.268. The van der Waals surface area contributed by atoms with Gasteiger partial charge in [0.25, 0.3) is 0 Å². The van der Waals surface area contributed by atoms with Gasteiger partial charge in [-0.05, 0) is 23.6 Å². The predicted molar refractivity (Wildman–Crippen MR) is 82.8 cm³/mol. The van der Waals surface area contributed by atoms with Crippen LogP contribution >= 0.6 is 27.3 Å². The second-order valence-corrected chi connectivity index (χ2v) is 5.69. The van der Waals surface area contributed by atoms with E-state index in [1.807, 2.05) is 23.6 Å². The Balaban J connectivity index is 1.87. The molecule has 2 rings (SSSR count). The van der Waals surface area contributed by atoms with Gasteiger partial charge in [-0.3, -0.25) is 4.79 Å². The number of Topliss-reactive ketones (excluding diaryl/α,β-unsaturated/α-hetero) is 1. The van der Waals surface area contributed by atoms with Gasteiger partial charge in [0, 0.05) is 21.0 Å². The first-order valence-electron chi connectivity index (χ1n) is 5.83. The first kappa shape index (κ1) is 14.7. The molecule has 0 spiro atoms. The molecule has 20 heavy (non-hydrogen) atoms. The van der Waals surface area contributed by atoms with E-state index in [2.05, 4.69) is 15.9 Å². The largest absolute Gasteiger partial charge is 0.454 e. The SMILES string of the molecule is O=C(C=Cc1cccs1)OCC(=O)c1ccccc1Br. The molecule has 102 valence electrons. The van der Waals surface area contributed by atoms with E-state index in [-0.39, 0.29) is 12.4 Å². The van der Waals surface area contributed by atoms with E-state index in [9.17, 15) is 9.59 Å². The lowest BCUT2D eigenvalue weighted by Crippen LogP contribution is -2.12. The van der Waals surface area contributed by atoms with E-state index in [1.54, 1.807) is 24.3 Å². The number of carbonyl (C=O) groups excluding carboxylic acids is 2. The standard InChI is InChI=1S/C15H11BrO3S/c16-13-6-2-1-5-12(13)14(17)10-19-15(18)8-7-11-4-3-9-20-11/h1-9H,10H2. The fraction of sp³-hybridized carbons (Fsp3) is 0.0667. The number of hydrogen-bond donors (Lipinski definition) is 0. The fourth-order valence-corrected chi connectivity index (χ4v) is 2.61. The Bertz CT molecular complexity index is 632. The summed E-state index contributed by atoms with van der Waals surface area (Å²) in [6, 6.07) is 10.8. The average Bonchev–Trinajstić information content (AvgIpc) is 2.96. The van der Waals surface area contributed by atoms with Gasteiger partial charge in [0.2, 0.25) is 5.78 Å². The minimum Gasteiger partial charge on any atom is -0.454 e. The smallest absolute Gasteiger partial charge is 0.331 e. The molecule has 2 aromatic rings. The molecule has 1 aromatic heterocycles. The number of rotatable bonds is 5. The van der Waals surface area contributed by atoms with Gasteiger partial charge in [0.05, 0.1) is 0 Å². The van der Waals surface area contributed by atoms with Crippen molar-refractivity contribution < 1.29 is 14.3 Å². The molecule has 0 saturated carbocycles. The lowest BCUT2D eigenvalue weighted by atomic mass is 10.1. The van der Waals surface area contributed by atoms with Crippen LogP contribution in [-0.4, -0.2) is 18.4 Å². The molecule has 0 aliphatic heterocycles. The molecular weight excluding hydrogens is 340 g/mol. The third-order valence-electron chi connectivity index (χ3n) is 2.45. The summed E-state index contributed by atoms with van der Waals surface area (Å²) in [4.78, 5) is 24.3. The van der Waals surface area contributed by atoms with Crippen LogP contribution in [0.25, 0.3) is 6.08 Å². The Kier molecular flexibility index (Phi) is 5.26. The molecule has 0 bridgehead atoms. The second-order valence-electron chi connectivity index (χ2n) is 3.86. The molecule has 0 unspecified atom stereocenters. The van der Waals surface area contributed by atoms with Crippen LogP contribution < -0.4 is 0 Å². The molecule has 3 nitrogen and oxygen atoms in total. The molecule has 0 atom stereocenters. The number of thiophene rings is 1. The minimum atomic E-state index is -0.529. The van der Waals surface area contributed by atoms with Gasteiger partial charge in [-0.1, -0.05) is 40.2 Å². The number of ketones is 1. The monoisotopic (exact) mass is 350 g/mol. The van der Waals surface area contributed by atoms with Crippen LogP contribution in [0.15, 0.2) is 52.3 Å². The summed E-state index contributed by atoms with van der Waals surface area (Å²) in [5.41, 5.74) is 0.502. The van der Waals surface area contributed by atoms with Gasteiger partial charge in [0.15, 0.2) is 6.61 Å². The Morgan fingerprint density at radius 2 is 2.00 bits per heavy atom. The number of halogens is 1. The molecular formula is C15H11BrO3S. The first-order chi connectivity index (χ1) is 9.66. The molecule has 0 aliphatic carbocycles. The number of esters is 1. The third-order valence-corrected chi connectivity index (χ3v) is 3.98. The van der Waals surface area contributed by atoms with Crippen LogP contribution in [0, 0.1) is 0 Å². The zero-order valence-corrected chi connectivity index (χ0v) is 12.8. The highest BCUT2D eigenvalue weighted by molar-refractivity contribution is 9.10. The Labute approximate surface area is 129 Å². The molecule has 0 aliphatic rings. The van der Waals surface area contributed by atoms with Crippen molar-refractivity contribution >= 4 is 45.1 Å². The van der Waals surface area contributed by atoms with Crippen molar-refractivity contribution in [3.8, 4) is 0 Å².